The first-order valence-corrected chi connectivity index (χ1v) is 8.30. The van der Waals surface area contributed by atoms with Gasteiger partial charge in [0.25, 0.3) is 5.91 Å². The maximum absolute atomic E-state index is 12.8. The smallest absolute Gasteiger partial charge is 0.261 e. The number of fused-ring (bicyclic) bond motifs is 1. The van der Waals surface area contributed by atoms with E-state index in [1.54, 1.807) is 11.8 Å². The average molecular weight is 346 g/mol. The van der Waals surface area contributed by atoms with Crippen molar-refractivity contribution in [2.24, 2.45) is 9.98 Å². The molecule has 7 heteroatoms. The van der Waals surface area contributed by atoms with Gasteiger partial charge in [-0.15, -0.1) is 0 Å². The summed E-state index contributed by atoms with van der Waals surface area (Å²) in [6.45, 7) is 6.53. The first-order chi connectivity index (χ1) is 11.6. The van der Waals surface area contributed by atoms with Crippen molar-refractivity contribution in [2.75, 3.05) is 31.5 Å². The number of rotatable bonds is 2. The van der Waals surface area contributed by atoms with Crippen LogP contribution >= 0.6 is 11.6 Å². The van der Waals surface area contributed by atoms with Crippen LogP contribution in [0.2, 0.25) is 0 Å². The summed E-state index contributed by atoms with van der Waals surface area (Å²) in [6, 6.07) is 7.67. The van der Waals surface area contributed by atoms with Crippen LogP contribution in [0.3, 0.4) is 0 Å². The minimum absolute atomic E-state index is 0.221. The second kappa shape index (κ2) is 7.15. The van der Waals surface area contributed by atoms with Gasteiger partial charge in [0.15, 0.2) is 0 Å². The number of halogens is 1. The van der Waals surface area contributed by atoms with Gasteiger partial charge in [-0.25, -0.2) is 4.99 Å². The Bertz CT molecular complexity index is 736. The minimum Gasteiger partial charge on any atom is -0.322 e. The predicted octanol–water partition coefficient (Wildman–Crippen LogP) is 2.12. The number of amidine groups is 2. The van der Waals surface area contributed by atoms with Crippen LogP contribution in [0.1, 0.15) is 12.5 Å². The highest BCUT2D eigenvalue weighted by Gasteiger charge is 2.30. The Kier molecular flexibility index (Phi) is 4.97. The Morgan fingerprint density at radius 2 is 2.00 bits per heavy atom. The zero-order valence-electron chi connectivity index (χ0n) is 13.8. The van der Waals surface area contributed by atoms with E-state index in [0.29, 0.717) is 35.5 Å². The number of aliphatic imine (C=N–C) groups is 2. The molecule has 0 saturated heterocycles. The van der Waals surface area contributed by atoms with Gasteiger partial charge in [0.1, 0.15) is 11.4 Å². The molecule has 1 aromatic carbocycles. The van der Waals surface area contributed by atoms with Crippen LogP contribution in [0.5, 0.6) is 0 Å². The van der Waals surface area contributed by atoms with Gasteiger partial charge in [0, 0.05) is 25.3 Å². The largest absolute Gasteiger partial charge is 0.322 e. The van der Waals surface area contributed by atoms with E-state index >= 15 is 0 Å². The van der Waals surface area contributed by atoms with Gasteiger partial charge in [-0.1, -0.05) is 17.7 Å². The van der Waals surface area contributed by atoms with E-state index in [-0.39, 0.29) is 5.91 Å². The highest BCUT2D eigenvalue weighted by atomic mass is 35.5. The van der Waals surface area contributed by atoms with Crippen molar-refractivity contribution in [3.8, 4) is 0 Å². The van der Waals surface area contributed by atoms with Crippen LogP contribution < -0.4 is 10.6 Å². The van der Waals surface area contributed by atoms with Crippen LogP contribution in [0.4, 0.5) is 5.69 Å². The Labute approximate surface area is 146 Å². The number of carbonyl (C=O) groups excluding carboxylic acids is 1. The van der Waals surface area contributed by atoms with E-state index in [4.69, 9.17) is 11.6 Å². The van der Waals surface area contributed by atoms with E-state index in [9.17, 15) is 4.79 Å². The first-order valence-electron chi connectivity index (χ1n) is 7.92. The van der Waals surface area contributed by atoms with Gasteiger partial charge < -0.3 is 10.6 Å². The molecule has 126 valence electrons. The number of allylic oxidation sites excluding steroid dienone is 1. The number of anilines is 1. The fourth-order valence-corrected chi connectivity index (χ4v) is 2.95. The number of aryl methyl sites for hydroxylation is 1. The number of hydrogen-bond donors (Lipinski definition) is 2. The SMILES string of the molecule is CC1=C(C(=O)Nc2ccc(C)cc2)C2=NCCNCCN2C(Cl)=N1. The molecule has 0 unspecified atom stereocenters. The molecule has 3 rings (SSSR count). The van der Waals surface area contributed by atoms with Gasteiger partial charge in [0.2, 0.25) is 5.29 Å². The fraction of sp³-hybridized carbons (Fsp3) is 0.353. The number of benzene rings is 1. The van der Waals surface area contributed by atoms with E-state index in [1.165, 1.54) is 0 Å². The molecule has 0 radical (unpaired) electrons. The summed E-state index contributed by atoms with van der Waals surface area (Å²) >= 11 is 6.26. The minimum atomic E-state index is -0.221. The first kappa shape index (κ1) is 16.7. The third-order valence-electron chi connectivity index (χ3n) is 3.92. The molecule has 0 spiro atoms. The summed E-state index contributed by atoms with van der Waals surface area (Å²) in [5, 5.41) is 6.53. The van der Waals surface area contributed by atoms with Crippen molar-refractivity contribution in [1.82, 2.24) is 10.2 Å². The lowest BCUT2D eigenvalue weighted by Gasteiger charge is -2.30. The van der Waals surface area contributed by atoms with Crippen molar-refractivity contribution >= 4 is 34.3 Å². The molecule has 0 fully saturated rings. The van der Waals surface area contributed by atoms with Crippen LogP contribution in [-0.4, -0.2) is 48.1 Å². The van der Waals surface area contributed by atoms with Crippen molar-refractivity contribution in [2.45, 2.75) is 13.8 Å². The predicted molar refractivity (Wildman–Crippen MR) is 97.7 cm³/mol. The van der Waals surface area contributed by atoms with Crippen molar-refractivity contribution < 1.29 is 4.79 Å². The molecule has 2 N–H and O–H groups in total. The van der Waals surface area contributed by atoms with Crippen LogP contribution in [0, 0.1) is 6.92 Å². The molecule has 1 aromatic rings. The number of hydrogen-bond acceptors (Lipinski definition) is 5. The zero-order valence-corrected chi connectivity index (χ0v) is 14.5. The lowest BCUT2D eigenvalue weighted by Crippen LogP contribution is -2.46. The summed E-state index contributed by atoms with van der Waals surface area (Å²) in [7, 11) is 0. The van der Waals surface area contributed by atoms with Gasteiger partial charge in [-0.05, 0) is 37.6 Å². The molecule has 0 saturated carbocycles. The van der Waals surface area contributed by atoms with Gasteiger partial charge >= 0.3 is 0 Å². The zero-order chi connectivity index (χ0) is 17.1. The molecule has 6 nitrogen and oxygen atoms in total. The number of nitrogens with one attached hydrogen (secondary N) is 2. The Morgan fingerprint density at radius 3 is 2.75 bits per heavy atom. The van der Waals surface area contributed by atoms with Crippen LogP contribution in [0.25, 0.3) is 0 Å². The highest BCUT2D eigenvalue weighted by molar-refractivity contribution is 6.66. The van der Waals surface area contributed by atoms with Gasteiger partial charge in [-0.3, -0.25) is 14.7 Å². The second-order valence-corrected chi connectivity index (χ2v) is 6.11. The molecule has 2 aliphatic rings. The Balaban J connectivity index is 1.92. The monoisotopic (exact) mass is 345 g/mol. The molecule has 2 aliphatic heterocycles. The average Bonchev–Trinajstić information content (AvgIpc) is 2.51. The molecule has 24 heavy (non-hydrogen) atoms. The summed E-state index contributed by atoms with van der Waals surface area (Å²) in [4.78, 5) is 23.5. The summed E-state index contributed by atoms with van der Waals surface area (Å²) in [5.41, 5.74) is 2.93. The molecule has 0 aliphatic carbocycles. The maximum Gasteiger partial charge on any atom is 0.261 e. The van der Waals surface area contributed by atoms with Crippen molar-refractivity contribution in [3.63, 3.8) is 0 Å². The number of nitrogens with zero attached hydrogens (tertiary/aromatic N) is 3. The Hall–Kier alpha value is -2.18. The molecule has 2 heterocycles. The standard InChI is InChI=1S/C17H20ClN5O/c1-11-3-5-13(6-4-11)22-16(24)14-12(2)21-17(18)23-10-9-19-7-8-20-15(14)23/h3-6,19H,7-10H2,1-2H3,(H,22,24). The number of amides is 1. The maximum atomic E-state index is 12.8. The Morgan fingerprint density at radius 1 is 1.25 bits per heavy atom. The van der Waals surface area contributed by atoms with Crippen molar-refractivity contribution in [3.05, 3.63) is 41.1 Å². The lowest BCUT2D eigenvalue weighted by atomic mass is 10.1. The van der Waals surface area contributed by atoms with Crippen LogP contribution in [0.15, 0.2) is 45.5 Å². The molecular weight excluding hydrogens is 326 g/mol. The van der Waals surface area contributed by atoms with Gasteiger partial charge in [-0.2, -0.15) is 0 Å². The third kappa shape index (κ3) is 3.49. The second-order valence-electron chi connectivity index (χ2n) is 5.77. The molecule has 0 bridgehead atoms. The number of carbonyl (C=O) groups is 1. The topological polar surface area (TPSA) is 69.1 Å². The summed E-state index contributed by atoms with van der Waals surface area (Å²) in [5.74, 6) is 0.375. The summed E-state index contributed by atoms with van der Waals surface area (Å²) in [6.07, 6.45) is 0. The summed E-state index contributed by atoms with van der Waals surface area (Å²) < 4.78 is 0. The third-order valence-corrected chi connectivity index (χ3v) is 4.21. The van der Waals surface area contributed by atoms with Crippen LogP contribution in [-0.2, 0) is 4.79 Å². The molecular formula is C17H20ClN5O. The molecule has 0 aromatic heterocycles. The molecule has 0 atom stereocenters. The van der Waals surface area contributed by atoms with E-state index in [1.807, 2.05) is 31.2 Å². The van der Waals surface area contributed by atoms with Crippen molar-refractivity contribution in [1.29, 1.82) is 0 Å². The quantitative estimate of drug-likeness (QED) is 0.807. The highest BCUT2D eigenvalue weighted by Crippen LogP contribution is 2.22. The normalized spacial score (nSPS) is 18.2. The fourth-order valence-electron chi connectivity index (χ4n) is 2.65. The molecule has 1 amide bonds. The lowest BCUT2D eigenvalue weighted by molar-refractivity contribution is -0.112. The van der Waals surface area contributed by atoms with E-state index in [2.05, 4.69) is 20.6 Å². The van der Waals surface area contributed by atoms with E-state index in [0.717, 1.165) is 24.3 Å². The van der Waals surface area contributed by atoms with E-state index < -0.39 is 0 Å². The van der Waals surface area contributed by atoms with Gasteiger partial charge in [0.05, 0.1) is 12.2 Å².